The van der Waals surface area contributed by atoms with Crippen LogP contribution in [0.4, 0.5) is 0 Å². The molecule has 0 amide bonds. The highest BCUT2D eigenvalue weighted by Gasteiger charge is 2.30. The SMILES string of the molecule is CCCOCCCNC1CC(C(C)C)C1. The van der Waals surface area contributed by atoms with Gasteiger partial charge in [-0.3, -0.25) is 0 Å². The fraction of sp³-hybridized carbons (Fsp3) is 1.00. The molecule has 1 fully saturated rings. The minimum atomic E-state index is 0.795. The Morgan fingerprint density at radius 2 is 2.00 bits per heavy atom. The summed E-state index contributed by atoms with van der Waals surface area (Å²) < 4.78 is 5.44. The topological polar surface area (TPSA) is 21.3 Å². The zero-order chi connectivity index (χ0) is 11.1. The molecule has 0 saturated heterocycles. The summed E-state index contributed by atoms with van der Waals surface area (Å²) in [5.74, 6) is 1.84. The van der Waals surface area contributed by atoms with Gasteiger partial charge in [-0.25, -0.2) is 0 Å². The maximum Gasteiger partial charge on any atom is 0.0478 e. The number of nitrogens with one attached hydrogen (secondary N) is 1. The van der Waals surface area contributed by atoms with Crippen LogP contribution >= 0.6 is 0 Å². The van der Waals surface area contributed by atoms with Gasteiger partial charge in [-0.15, -0.1) is 0 Å². The molecule has 2 nitrogen and oxygen atoms in total. The van der Waals surface area contributed by atoms with Crippen molar-refractivity contribution in [1.82, 2.24) is 5.32 Å². The molecule has 1 rings (SSSR count). The van der Waals surface area contributed by atoms with Gasteiger partial charge < -0.3 is 10.1 Å². The van der Waals surface area contributed by atoms with Crippen LogP contribution in [-0.2, 0) is 4.74 Å². The summed E-state index contributed by atoms with van der Waals surface area (Å²) in [7, 11) is 0. The zero-order valence-corrected chi connectivity index (χ0v) is 10.6. The maximum absolute atomic E-state index is 5.44. The summed E-state index contributed by atoms with van der Waals surface area (Å²) in [5, 5.41) is 3.60. The smallest absolute Gasteiger partial charge is 0.0478 e. The first-order valence-electron chi connectivity index (χ1n) is 6.55. The Labute approximate surface area is 94.8 Å². The molecule has 0 bridgehead atoms. The molecule has 0 aliphatic heterocycles. The van der Waals surface area contributed by atoms with E-state index in [9.17, 15) is 0 Å². The summed E-state index contributed by atoms with van der Waals surface area (Å²) in [6, 6.07) is 0.795. The Morgan fingerprint density at radius 1 is 1.27 bits per heavy atom. The maximum atomic E-state index is 5.44. The molecule has 1 aliphatic carbocycles. The van der Waals surface area contributed by atoms with E-state index in [2.05, 4.69) is 26.1 Å². The lowest BCUT2D eigenvalue weighted by Gasteiger charge is -2.38. The van der Waals surface area contributed by atoms with Crippen molar-refractivity contribution in [3.05, 3.63) is 0 Å². The molecule has 0 spiro atoms. The van der Waals surface area contributed by atoms with Crippen molar-refractivity contribution in [2.45, 2.75) is 52.5 Å². The lowest BCUT2D eigenvalue weighted by atomic mass is 9.74. The van der Waals surface area contributed by atoms with E-state index in [-0.39, 0.29) is 0 Å². The third-order valence-corrected chi connectivity index (χ3v) is 3.36. The highest BCUT2D eigenvalue weighted by molar-refractivity contribution is 4.86. The number of hydrogen-bond acceptors (Lipinski definition) is 2. The van der Waals surface area contributed by atoms with Crippen molar-refractivity contribution in [2.24, 2.45) is 11.8 Å². The van der Waals surface area contributed by atoms with Gasteiger partial charge >= 0.3 is 0 Å². The zero-order valence-electron chi connectivity index (χ0n) is 10.6. The Balaban J connectivity index is 1.82. The summed E-state index contributed by atoms with van der Waals surface area (Å²) in [5.41, 5.74) is 0. The molecule has 1 saturated carbocycles. The molecule has 0 radical (unpaired) electrons. The summed E-state index contributed by atoms with van der Waals surface area (Å²) in [6.45, 7) is 9.77. The Bertz CT molecular complexity index is 153. The fourth-order valence-corrected chi connectivity index (χ4v) is 2.10. The first-order chi connectivity index (χ1) is 7.24. The second kappa shape index (κ2) is 7.24. The quantitative estimate of drug-likeness (QED) is 0.626. The fourth-order valence-electron chi connectivity index (χ4n) is 2.10. The van der Waals surface area contributed by atoms with Crippen LogP contribution in [-0.4, -0.2) is 25.8 Å². The van der Waals surface area contributed by atoms with Crippen LogP contribution in [0.15, 0.2) is 0 Å². The van der Waals surface area contributed by atoms with E-state index in [0.29, 0.717) is 0 Å². The van der Waals surface area contributed by atoms with E-state index in [1.165, 1.54) is 12.8 Å². The van der Waals surface area contributed by atoms with Crippen molar-refractivity contribution in [3.63, 3.8) is 0 Å². The first kappa shape index (κ1) is 13.0. The number of ether oxygens (including phenoxy) is 1. The largest absolute Gasteiger partial charge is 0.381 e. The van der Waals surface area contributed by atoms with E-state index in [4.69, 9.17) is 4.74 Å². The van der Waals surface area contributed by atoms with Gasteiger partial charge in [0.15, 0.2) is 0 Å². The standard InChI is InChI=1S/C13H27NO/c1-4-7-15-8-5-6-14-13-9-12(10-13)11(2)3/h11-14H,4-10H2,1-3H3. The van der Waals surface area contributed by atoms with Gasteiger partial charge in [0, 0.05) is 19.3 Å². The molecule has 90 valence electrons. The number of hydrogen-bond donors (Lipinski definition) is 1. The third-order valence-electron chi connectivity index (χ3n) is 3.36. The van der Waals surface area contributed by atoms with Gasteiger partial charge in [-0.2, -0.15) is 0 Å². The molecule has 1 N–H and O–H groups in total. The van der Waals surface area contributed by atoms with Gasteiger partial charge in [0.1, 0.15) is 0 Å². The highest BCUT2D eigenvalue weighted by atomic mass is 16.5. The molecule has 1 aliphatic rings. The highest BCUT2D eigenvalue weighted by Crippen LogP contribution is 2.33. The molecule has 0 atom stereocenters. The van der Waals surface area contributed by atoms with Gasteiger partial charge in [0.25, 0.3) is 0 Å². The molecular formula is C13H27NO. The Kier molecular flexibility index (Phi) is 6.26. The van der Waals surface area contributed by atoms with Crippen molar-refractivity contribution < 1.29 is 4.74 Å². The molecule has 0 heterocycles. The molecule has 0 unspecified atom stereocenters. The number of rotatable bonds is 8. The van der Waals surface area contributed by atoms with Gasteiger partial charge in [0.2, 0.25) is 0 Å². The van der Waals surface area contributed by atoms with E-state index in [1.807, 2.05) is 0 Å². The van der Waals surface area contributed by atoms with Crippen molar-refractivity contribution >= 4 is 0 Å². The average Bonchev–Trinajstić information content (AvgIpc) is 2.12. The van der Waals surface area contributed by atoms with E-state index >= 15 is 0 Å². The van der Waals surface area contributed by atoms with Gasteiger partial charge in [0.05, 0.1) is 0 Å². The monoisotopic (exact) mass is 213 g/mol. The molecule has 2 heteroatoms. The first-order valence-corrected chi connectivity index (χ1v) is 6.55. The normalized spacial score (nSPS) is 25.6. The van der Waals surface area contributed by atoms with Crippen LogP contribution in [0.1, 0.15) is 46.5 Å². The summed E-state index contributed by atoms with van der Waals surface area (Å²) in [4.78, 5) is 0. The molecule has 0 aromatic carbocycles. The van der Waals surface area contributed by atoms with Crippen LogP contribution in [0.2, 0.25) is 0 Å². The average molecular weight is 213 g/mol. The molecule has 15 heavy (non-hydrogen) atoms. The van der Waals surface area contributed by atoms with E-state index in [0.717, 1.165) is 50.5 Å². The van der Waals surface area contributed by atoms with Crippen molar-refractivity contribution in [2.75, 3.05) is 19.8 Å². The van der Waals surface area contributed by atoms with Crippen LogP contribution in [0, 0.1) is 11.8 Å². The van der Waals surface area contributed by atoms with Crippen LogP contribution < -0.4 is 5.32 Å². The second-order valence-electron chi connectivity index (χ2n) is 5.09. The molecule has 0 aromatic heterocycles. The lowest BCUT2D eigenvalue weighted by molar-refractivity contribution is 0.125. The van der Waals surface area contributed by atoms with Crippen molar-refractivity contribution in [1.29, 1.82) is 0 Å². The van der Waals surface area contributed by atoms with Crippen LogP contribution in [0.5, 0.6) is 0 Å². The van der Waals surface area contributed by atoms with Crippen LogP contribution in [0.25, 0.3) is 0 Å². The Morgan fingerprint density at radius 3 is 2.60 bits per heavy atom. The van der Waals surface area contributed by atoms with Gasteiger partial charge in [-0.1, -0.05) is 20.8 Å². The second-order valence-corrected chi connectivity index (χ2v) is 5.09. The summed E-state index contributed by atoms with van der Waals surface area (Å²) in [6.07, 6.45) is 5.05. The molecule has 0 aromatic rings. The predicted octanol–water partition coefficient (Wildman–Crippen LogP) is 2.83. The summed E-state index contributed by atoms with van der Waals surface area (Å²) >= 11 is 0. The Hall–Kier alpha value is -0.0800. The predicted molar refractivity (Wildman–Crippen MR) is 65.1 cm³/mol. The van der Waals surface area contributed by atoms with Gasteiger partial charge in [-0.05, 0) is 44.1 Å². The molecular weight excluding hydrogens is 186 g/mol. The van der Waals surface area contributed by atoms with E-state index in [1.54, 1.807) is 0 Å². The van der Waals surface area contributed by atoms with E-state index < -0.39 is 0 Å². The van der Waals surface area contributed by atoms with Crippen molar-refractivity contribution in [3.8, 4) is 0 Å². The van der Waals surface area contributed by atoms with Crippen LogP contribution in [0.3, 0.4) is 0 Å². The lowest BCUT2D eigenvalue weighted by Crippen LogP contribution is -2.43. The third kappa shape index (κ3) is 4.98. The minimum absolute atomic E-state index is 0.795. The minimum Gasteiger partial charge on any atom is -0.381 e.